The van der Waals surface area contributed by atoms with Crippen LogP contribution in [-0.2, 0) is 16.4 Å². The first-order valence-electron chi connectivity index (χ1n) is 7.36. The standard InChI is InChI=1S/C15H17N5O2S2/c1-4-12-5-6-15(23-12)24(21,22)19-13-8-14(17-9-16-13)20-11(3)7-10(2)18-20/h5-9H,4H2,1-3H3,(H,16,17,19). The minimum atomic E-state index is -3.66. The third-order valence-electron chi connectivity index (χ3n) is 3.37. The normalized spacial score (nSPS) is 11.6. The summed E-state index contributed by atoms with van der Waals surface area (Å²) in [4.78, 5) is 9.18. The molecule has 0 fully saturated rings. The third kappa shape index (κ3) is 3.31. The molecule has 0 aliphatic rings. The van der Waals surface area contributed by atoms with Crippen molar-refractivity contribution in [2.45, 2.75) is 31.4 Å². The Kier molecular flexibility index (Phi) is 4.37. The zero-order valence-corrected chi connectivity index (χ0v) is 15.1. The number of hydrogen-bond donors (Lipinski definition) is 1. The molecule has 0 amide bonds. The average Bonchev–Trinajstić information content (AvgIpc) is 3.14. The monoisotopic (exact) mass is 363 g/mol. The van der Waals surface area contributed by atoms with E-state index in [2.05, 4.69) is 19.8 Å². The molecule has 0 bridgehead atoms. The van der Waals surface area contributed by atoms with Crippen LogP contribution in [0.3, 0.4) is 0 Å². The number of hydrogen-bond acceptors (Lipinski definition) is 6. The van der Waals surface area contributed by atoms with Gasteiger partial charge in [0.2, 0.25) is 0 Å². The van der Waals surface area contributed by atoms with E-state index < -0.39 is 10.0 Å². The first-order valence-corrected chi connectivity index (χ1v) is 9.66. The summed E-state index contributed by atoms with van der Waals surface area (Å²) in [5.74, 6) is 0.715. The van der Waals surface area contributed by atoms with Crippen LogP contribution in [0.5, 0.6) is 0 Å². The lowest BCUT2D eigenvalue weighted by Crippen LogP contribution is -2.13. The largest absolute Gasteiger partial charge is 0.272 e. The smallest absolute Gasteiger partial charge is 0.263 e. The van der Waals surface area contributed by atoms with E-state index in [9.17, 15) is 8.42 Å². The minimum absolute atomic E-state index is 0.207. The number of nitrogens with zero attached hydrogens (tertiary/aromatic N) is 4. The number of anilines is 1. The Morgan fingerprint density at radius 2 is 2.00 bits per heavy atom. The maximum Gasteiger partial charge on any atom is 0.272 e. The molecule has 3 aromatic heterocycles. The fourth-order valence-electron chi connectivity index (χ4n) is 2.26. The molecule has 3 aromatic rings. The lowest BCUT2D eigenvalue weighted by atomic mass is 10.4. The Morgan fingerprint density at radius 1 is 1.21 bits per heavy atom. The molecular weight excluding hydrogens is 346 g/mol. The third-order valence-corrected chi connectivity index (χ3v) is 6.44. The fraction of sp³-hybridized carbons (Fsp3) is 0.267. The van der Waals surface area contributed by atoms with Gasteiger partial charge >= 0.3 is 0 Å². The molecule has 1 N–H and O–H groups in total. The van der Waals surface area contributed by atoms with E-state index in [-0.39, 0.29) is 10.0 Å². The van der Waals surface area contributed by atoms with Crippen molar-refractivity contribution in [3.8, 4) is 5.82 Å². The number of aryl methyl sites for hydroxylation is 3. The lowest BCUT2D eigenvalue weighted by Gasteiger charge is -2.07. The van der Waals surface area contributed by atoms with Crippen LogP contribution in [0, 0.1) is 13.8 Å². The molecule has 0 aliphatic carbocycles. The molecule has 0 aromatic carbocycles. The first kappa shape index (κ1) is 16.6. The summed E-state index contributed by atoms with van der Waals surface area (Å²) in [6.45, 7) is 5.78. The van der Waals surface area contributed by atoms with Crippen LogP contribution in [0.4, 0.5) is 5.82 Å². The summed E-state index contributed by atoms with van der Waals surface area (Å²) in [6.07, 6.45) is 2.12. The minimum Gasteiger partial charge on any atom is -0.263 e. The van der Waals surface area contributed by atoms with Gasteiger partial charge in [-0.2, -0.15) is 5.10 Å². The van der Waals surface area contributed by atoms with Gasteiger partial charge in [-0.25, -0.2) is 23.1 Å². The van der Waals surface area contributed by atoms with Gasteiger partial charge in [-0.05, 0) is 38.5 Å². The Balaban J connectivity index is 1.90. The SMILES string of the molecule is CCc1ccc(S(=O)(=O)Nc2cc(-n3nc(C)cc3C)ncn2)s1. The predicted octanol–water partition coefficient (Wildman–Crippen LogP) is 2.70. The van der Waals surface area contributed by atoms with Gasteiger partial charge in [0.25, 0.3) is 10.0 Å². The summed E-state index contributed by atoms with van der Waals surface area (Å²) in [5.41, 5.74) is 1.77. The van der Waals surface area contributed by atoms with E-state index in [0.29, 0.717) is 5.82 Å². The molecule has 0 atom stereocenters. The topological polar surface area (TPSA) is 89.8 Å². The maximum atomic E-state index is 12.5. The zero-order chi connectivity index (χ0) is 17.3. The summed E-state index contributed by atoms with van der Waals surface area (Å²) in [5, 5.41) is 4.34. The van der Waals surface area contributed by atoms with Crippen LogP contribution in [0.25, 0.3) is 5.82 Å². The molecule has 0 radical (unpaired) electrons. The second kappa shape index (κ2) is 6.33. The van der Waals surface area contributed by atoms with Crippen molar-refractivity contribution in [1.82, 2.24) is 19.7 Å². The number of nitrogens with one attached hydrogen (secondary N) is 1. The van der Waals surface area contributed by atoms with E-state index in [1.54, 1.807) is 16.8 Å². The van der Waals surface area contributed by atoms with Gasteiger partial charge in [-0.1, -0.05) is 6.92 Å². The highest BCUT2D eigenvalue weighted by Crippen LogP contribution is 2.24. The van der Waals surface area contributed by atoms with E-state index >= 15 is 0 Å². The van der Waals surface area contributed by atoms with Crippen molar-refractivity contribution in [2.75, 3.05) is 4.72 Å². The molecule has 24 heavy (non-hydrogen) atoms. The Labute approximate surface area is 144 Å². The van der Waals surface area contributed by atoms with Gasteiger partial charge in [0.1, 0.15) is 16.4 Å². The Bertz CT molecular complexity index is 975. The summed E-state index contributed by atoms with van der Waals surface area (Å²) < 4.78 is 29.3. The highest BCUT2D eigenvalue weighted by molar-refractivity contribution is 7.94. The van der Waals surface area contributed by atoms with Crippen LogP contribution in [-0.4, -0.2) is 28.2 Å². The number of aromatic nitrogens is 4. The van der Waals surface area contributed by atoms with E-state index in [1.807, 2.05) is 32.9 Å². The molecule has 0 aliphatic heterocycles. The lowest BCUT2D eigenvalue weighted by molar-refractivity contribution is 0.603. The van der Waals surface area contributed by atoms with Gasteiger partial charge in [-0.15, -0.1) is 11.3 Å². The fourth-order valence-corrected chi connectivity index (χ4v) is 4.55. The molecule has 9 heteroatoms. The van der Waals surface area contributed by atoms with Crippen molar-refractivity contribution in [2.24, 2.45) is 0 Å². The molecule has 0 unspecified atom stereocenters. The van der Waals surface area contributed by atoms with Gasteiger partial charge in [-0.3, -0.25) is 4.72 Å². The van der Waals surface area contributed by atoms with Crippen LogP contribution in [0.2, 0.25) is 0 Å². The number of thiophene rings is 1. The second-order valence-corrected chi connectivity index (χ2v) is 8.36. The molecule has 0 spiro atoms. The summed E-state index contributed by atoms with van der Waals surface area (Å²) in [6, 6.07) is 6.91. The van der Waals surface area contributed by atoms with Gasteiger partial charge < -0.3 is 0 Å². The molecular formula is C15H17N5O2S2. The van der Waals surface area contributed by atoms with E-state index in [0.717, 1.165) is 22.7 Å². The maximum absolute atomic E-state index is 12.5. The van der Waals surface area contributed by atoms with Crippen LogP contribution < -0.4 is 4.72 Å². The highest BCUT2D eigenvalue weighted by Gasteiger charge is 2.18. The Morgan fingerprint density at radius 3 is 2.62 bits per heavy atom. The summed E-state index contributed by atoms with van der Waals surface area (Å²) in [7, 11) is -3.66. The molecule has 0 saturated heterocycles. The van der Waals surface area contributed by atoms with Crippen molar-refractivity contribution in [3.05, 3.63) is 46.9 Å². The molecule has 0 saturated carbocycles. The predicted molar refractivity (Wildman–Crippen MR) is 93.1 cm³/mol. The van der Waals surface area contributed by atoms with Crippen molar-refractivity contribution >= 4 is 27.2 Å². The Hall–Kier alpha value is -2.26. The quantitative estimate of drug-likeness (QED) is 0.753. The number of sulfonamides is 1. The van der Waals surface area contributed by atoms with Crippen molar-refractivity contribution in [3.63, 3.8) is 0 Å². The van der Waals surface area contributed by atoms with Crippen molar-refractivity contribution in [1.29, 1.82) is 0 Å². The van der Waals surface area contributed by atoms with Crippen LogP contribution >= 0.6 is 11.3 Å². The highest BCUT2D eigenvalue weighted by atomic mass is 32.2. The van der Waals surface area contributed by atoms with Crippen molar-refractivity contribution < 1.29 is 8.42 Å². The van der Waals surface area contributed by atoms with E-state index in [4.69, 9.17) is 0 Å². The molecule has 3 rings (SSSR count). The van der Waals surface area contributed by atoms with Gasteiger partial charge in [0.05, 0.1) is 5.69 Å². The van der Waals surface area contributed by atoms with E-state index in [1.165, 1.54) is 17.7 Å². The first-order chi connectivity index (χ1) is 11.4. The zero-order valence-electron chi connectivity index (χ0n) is 13.5. The molecule has 7 nitrogen and oxygen atoms in total. The molecule has 3 heterocycles. The molecule has 126 valence electrons. The van der Waals surface area contributed by atoms with Gasteiger partial charge in [0, 0.05) is 16.6 Å². The summed E-state index contributed by atoms with van der Waals surface area (Å²) >= 11 is 1.25. The van der Waals surface area contributed by atoms with Crippen LogP contribution in [0.15, 0.2) is 34.8 Å². The van der Waals surface area contributed by atoms with Gasteiger partial charge in [0.15, 0.2) is 5.82 Å². The van der Waals surface area contributed by atoms with Crippen LogP contribution in [0.1, 0.15) is 23.2 Å². The second-order valence-electron chi connectivity index (χ2n) is 5.28. The number of rotatable bonds is 5. The average molecular weight is 363 g/mol.